The van der Waals surface area contributed by atoms with Crippen LogP contribution < -0.4 is 10.6 Å². The number of hydrogen-bond donors (Lipinski definition) is 2. The van der Waals surface area contributed by atoms with Crippen LogP contribution in [0.3, 0.4) is 0 Å². The van der Waals surface area contributed by atoms with Crippen LogP contribution in [0.1, 0.15) is 35.1 Å². The van der Waals surface area contributed by atoms with E-state index in [1.54, 1.807) is 6.07 Å². The smallest absolute Gasteiger partial charge is 0.349 e. The summed E-state index contributed by atoms with van der Waals surface area (Å²) in [6.07, 6.45) is 1.75. The topological polar surface area (TPSA) is 61.4 Å². The van der Waals surface area contributed by atoms with Crippen LogP contribution in [0, 0.1) is 5.82 Å². The molecular formula is C22H21ClF3N3O2. The highest BCUT2D eigenvalue weighted by Gasteiger charge is 2.41. The Hall–Kier alpha value is -2.58. The molecule has 4 rings (SSSR count). The van der Waals surface area contributed by atoms with E-state index >= 15 is 0 Å². The van der Waals surface area contributed by atoms with Gasteiger partial charge < -0.3 is 10.6 Å². The second-order valence-corrected chi connectivity index (χ2v) is 8.25. The highest BCUT2D eigenvalue weighted by molar-refractivity contribution is 6.30. The first-order valence-corrected chi connectivity index (χ1v) is 10.4. The number of halogens is 4. The van der Waals surface area contributed by atoms with Crippen molar-refractivity contribution in [2.75, 3.05) is 6.54 Å². The lowest BCUT2D eigenvalue weighted by Crippen LogP contribution is -2.48. The van der Waals surface area contributed by atoms with E-state index in [1.807, 2.05) is 12.1 Å². The molecule has 2 aliphatic heterocycles. The van der Waals surface area contributed by atoms with Gasteiger partial charge in [0.25, 0.3) is 5.91 Å². The molecular weight excluding hydrogens is 431 g/mol. The van der Waals surface area contributed by atoms with Crippen LogP contribution >= 0.6 is 11.6 Å². The van der Waals surface area contributed by atoms with Crippen LogP contribution in [0.4, 0.5) is 13.2 Å². The Morgan fingerprint density at radius 1 is 1.19 bits per heavy atom. The average molecular weight is 452 g/mol. The zero-order valence-electron chi connectivity index (χ0n) is 16.6. The zero-order chi connectivity index (χ0) is 22.2. The first-order chi connectivity index (χ1) is 14.8. The molecule has 2 heterocycles. The van der Waals surface area contributed by atoms with Crippen LogP contribution in [-0.2, 0) is 35.1 Å². The minimum Gasteiger partial charge on any atom is -0.355 e. The fourth-order valence-corrected chi connectivity index (χ4v) is 4.21. The lowest BCUT2D eigenvalue weighted by molar-refractivity contribution is -0.147. The Balaban J connectivity index is 1.40. The largest absolute Gasteiger partial charge is 0.355 e. The van der Waals surface area contributed by atoms with Crippen molar-refractivity contribution in [2.24, 2.45) is 0 Å². The van der Waals surface area contributed by atoms with Gasteiger partial charge in [-0.1, -0.05) is 29.8 Å². The Morgan fingerprint density at radius 2 is 1.97 bits per heavy atom. The lowest BCUT2D eigenvalue weighted by Gasteiger charge is -2.29. The molecule has 9 heteroatoms. The molecule has 0 spiro atoms. The van der Waals surface area contributed by atoms with Gasteiger partial charge in [-0.25, -0.2) is 4.39 Å². The maximum atomic E-state index is 14.4. The van der Waals surface area contributed by atoms with Gasteiger partial charge in [0.2, 0.25) is 5.91 Å². The summed E-state index contributed by atoms with van der Waals surface area (Å²) in [5.74, 6) is -6.13. The number of nitrogens with one attached hydrogen (secondary N) is 2. The minimum atomic E-state index is -3.85. The Bertz CT molecular complexity index is 1030. The Kier molecular flexibility index (Phi) is 5.94. The maximum Gasteiger partial charge on any atom is 0.349 e. The van der Waals surface area contributed by atoms with Gasteiger partial charge in [0.1, 0.15) is 5.82 Å². The number of nitrogens with zero attached hydrogens (tertiary/aromatic N) is 1. The standard InChI is InChI=1S/C22H21ClF3N3O2/c23-17-9-16(5-6-18(17)24)22(25,26)21(31)28-10-13-3-4-14-11-29(12-15(14)8-13)19-2-1-7-27-20(19)30/h3-6,8-9,19H,1-2,7,10-12H2,(H,27,30)(H,28,31). The number of benzene rings is 2. The van der Waals surface area contributed by atoms with Crippen LogP contribution in [0.25, 0.3) is 0 Å². The van der Waals surface area contributed by atoms with Gasteiger partial charge in [-0.05, 0) is 47.7 Å². The summed E-state index contributed by atoms with van der Waals surface area (Å²) in [5.41, 5.74) is 2.10. The second-order valence-electron chi connectivity index (χ2n) is 7.84. The van der Waals surface area contributed by atoms with Crippen molar-refractivity contribution in [3.05, 3.63) is 69.5 Å². The van der Waals surface area contributed by atoms with E-state index in [4.69, 9.17) is 11.6 Å². The molecule has 1 unspecified atom stereocenters. The summed E-state index contributed by atoms with van der Waals surface area (Å²) in [7, 11) is 0. The average Bonchev–Trinajstić information content (AvgIpc) is 3.17. The number of amides is 2. The Labute approximate surface area is 182 Å². The van der Waals surface area contributed by atoms with Crippen LogP contribution in [0.2, 0.25) is 5.02 Å². The van der Waals surface area contributed by atoms with E-state index in [0.29, 0.717) is 25.2 Å². The van der Waals surface area contributed by atoms with Gasteiger partial charge in [-0.3, -0.25) is 14.5 Å². The lowest BCUT2D eigenvalue weighted by atomic mass is 10.1. The molecule has 1 saturated heterocycles. The fourth-order valence-electron chi connectivity index (χ4n) is 4.02. The third kappa shape index (κ3) is 4.41. The summed E-state index contributed by atoms with van der Waals surface area (Å²) in [6, 6.07) is 7.77. The van der Waals surface area contributed by atoms with E-state index in [0.717, 1.165) is 42.2 Å². The van der Waals surface area contributed by atoms with Crippen molar-refractivity contribution in [3.8, 4) is 0 Å². The van der Waals surface area contributed by atoms with Gasteiger partial charge >= 0.3 is 5.92 Å². The molecule has 2 aromatic rings. The van der Waals surface area contributed by atoms with Gasteiger partial charge in [0, 0.05) is 31.7 Å². The van der Waals surface area contributed by atoms with Crippen molar-refractivity contribution in [1.82, 2.24) is 15.5 Å². The maximum absolute atomic E-state index is 14.4. The molecule has 5 nitrogen and oxygen atoms in total. The quantitative estimate of drug-likeness (QED) is 0.731. The molecule has 0 aliphatic carbocycles. The predicted molar refractivity (Wildman–Crippen MR) is 109 cm³/mol. The molecule has 0 aromatic heterocycles. The minimum absolute atomic E-state index is 0.0367. The molecule has 2 amide bonds. The monoisotopic (exact) mass is 451 g/mol. The SMILES string of the molecule is O=C1NCCCC1N1Cc2ccc(CNC(=O)C(F)(F)c3ccc(F)c(Cl)c3)cc2C1. The third-order valence-electron chi connectivity index (χ3n) is 5.73. The van der Waals surface area contributed by atoms with E-state index in [9.17, 15) is 22.8 Å². The number of carbonyl (C=O) groups is 2. The van der Waals surface area contributed by atoms with Crippen molar-refractivity contribution in [2.45, 2.75) is 44.4 Å². The molecule has 31 heavy (non-hydrogen) atoms. The summed E-state index contributed by atoms with van der Waals surface area (Å²) >= 11 is 5.56. The van der Waals surface area contributed by atoms with E-state index < -0.39 is 28.2 Å². The molecule has 2 N–H and O–H groups in total. The zero-order valence-corrected chi connectivity index (χ0v) is 17.3. The summed E-state index contributed by atoms with van der Waals surface area (Å²) in [4.78, 5) is 26.3. The normalized spacial score (nSPS) is 19.1. The number of fused-ring (bicyclic) bond motifs is 1. The highest BCUT2D eigenvalue weighted by Crippen LogP contribution is 2.31. The van der Waals surface area contributed by atoms with E-state index in [1.165, 1.54) is 0 Å². The van der Waals surface area contributed by atoms with Crippen molar-refractivity contribution < 1.29 is 22.8 Å². The molecule has 1 fully saturated rings. The third-order valence-corrected chi connectivity index (χ3v) is 6.02. The molecule has 1 atom stereocenters. The van der Waals surface area contributed by atoms with E-state index in [-0.39, 0.29) is 18.5 Å². The molecule has 2 aliphatic rings. The van der Waals surface area contributed by atoms with Gasteiger partial charge in [0.15, 0.2) is 0 Å². The fraction of sp³-hybridized carbons (Fsp3) is 0.364. The molecule has 0 saturated carbocycles. The van der Waals surface area contributed by atoms with Gasteiger partial charge in [-0.2, -0.15) is 8.78 Å². The molecule has 2 aromatic carbocycles. The van der Waals surface area contributed by atoms with Crippen molar-refractivity contribution in [1.29, 1.82) is 0 Å². The van der Waals surface area contributed by atoms with Gasteiger partial charge in [-0.15, -0.1) is 0 Å². The predicted octanol–water partition coefficient (Wildman–Crippen LogP) is 3.48. The number of carbonyl (C=O) groups excluding carboxylic acids is 2. The van der Waals surface area contributed by atoms with Gasteiger partial charge in [0.05, 0.1) is 11.1 Å². The van der Waals surface area contributed by atoms with E-state index in [2.05, 4.69) is 15.5 Å². The first-order valence-electron chi connectivity index (χ1n) is 10.00. The van der Waals surface area contributed by atoms with Crippen molar-refractivity contribution in [3.63, 3.8) is 0 Å². The summed E-state index contributed by atoms with van der Waals surface area (Å²) < 4.78 is 42.1. The Morgan fingerprint density at radius 3 is 2.71 bits per heavy atom. The summed E-state index contributed by atoms with van der Waals surface area (Å²) in [5, 5.41) is 4.65. The number of alkyl halides is 2. The number of rotatable bonds is 5. The van der Waals surface area contributed by atoms with Crippen LogP contribution in [0.5, 0.6) is 0 Å². The second kappa shape index (κ2) is 8.51. The molecule has 0 bridgehead atoms. The van der Waals surface area contributed by atoms with Crippen molar-refractivity contribution >= 4 is 23.4 Å². The molecule has 0 radical (unpaired) electrons. The number of piperidine rings is 1. The van der Waals surface area contributed by atoms with Crippen LogP contribution in [0.15, 0.2) is 36.4 Å². The summed E-state index contributed by atoms with van der Waals surface area (Å²) in [6.45, 7) is 1.87. The highest BCUT2D eigenvalue weighted by atomic mass is 35.5. The first kappa shape index (κ1) is 21.6. The number of hydrogen-bond acceptors (Lipinski definition) is 3. The molecule has 164 valence electrons. The van der Waals surface area contributed by atoms with Crippen LogP contribution in [-0.4, -0.2) is 29.3 Å².